The molecule has 2 aromatic rings. The molecule has 1 aromatic carbocycles. The van der Waals surface area contributed by atoms with Crippen LogP contribution in [-0.4, -0.2) is 35.1 Å². The molecular weight excluding hydrogens is 206 g/mol. The van der Waals surface area contributed by atoms with Crippen molar-refractivity contribution in [2.24, 2.45) is 0 Å². The second kappa shape index (κ2) is 3.77. The Labute approximate surface area is 92.4 Å². The highest BCUT2D eigenvalue weighted by atomic mass is 16.4. The summed E-state index contributed by atoms with van der Waals surface area (Å²) in [5.74, 6) is -0.681. The Kier molecular flexibility index (Phi) is 2.44. The summed E-state index contributed by atoms with van der Waals surface area (Å²) >= 11 is 0. The van der Waals surface area contributed by atoms with Gasteiger partial charge >= 0.3 is 5.97 Å². The number of anilines is 1. The normalized spacial score (nSPS) is 10.4. The zero-order valence-corrected chi connectivity index (χ0v) is 9.01. The van der Waals surface area contributed by atoms with Crippen LogP contribution in [0, 0.1) is 0 Å². The van der Waals surface area contributed by atoms with Crippen LogP contribution in [0.2, 0.25) is 0 Å². The molecule has 0 amide bonds. The fraction of sp³-hybridized carbons (Fsp3) is 0.182. The fourth-order valence-corrected chi connectivity index (χ4v) is 1.50. The Bertz CT molecular complexity index is 552. The molecule has 82 valence electrons. The van der Waals surface area contributed by atoms with Crippen molar-refractivity contribution in [3.05, 3.63) is 30.1 Å². The zero-order valence-electron chi connectivity index (χ0n) is 9.01. The van der Waals surface area contributed by atoms with Crippen molar-refractivity contribution >= 4 is 22.7 Å². The Balaban J connectivity index is 2.78. The van der Waals surface area contributed by atoms with Crippen molar-refractivity contribution in [2.45, 2.75) is 0 Å². The van der Waals surface area contributed by atoms with Gasteiger partial charge in [0.1, 0.15) is 5.82 Å². The molecular formula is C11H11N3O2. The summed E-state index contributed by atoms with van der Waals surface area (Å²) in [5, 5.41) is 9.75. The molecule has 0 spiro atoms. The number of aromatic nitrogens is 2. The van der Waals surface area contributed by atoms with Crippen LogP contribution in [0.15, 0.2) is 24.3 Å². The topological polar surface area (TPSA) is 66.3 Å². The van der Waals surface area contributed by atoms with Gasteiger partial charge in [0.15, 0.2) is 0 Å². The quantitative estimate of drug-likeness (QED) is 0.823. The number of aromatic carboxylic acids is 1. The molecule has 0 atom stereocenters. The number of para-hydroxylation sites is 1. The Morgan fingerprint density at radius 3 is 2.56 bits per heavy atom. The van der Waals surface area contributed by atoms with Gasteiger partial charge in [-0.1, -0.05) is 12.1 Å². The van der Waals surface area contributed by atoms with Crippen LogP contribution in [0.25, 0.3) is 10.9 Å². The maximum absolute atomic E-state index is 10.9. The van der Waals surface area contributed by atoms with Crippen molar-refractivity contribution in [2.75, 3.05) is 19.0 Å². The van der Waals surface area contributed by atoms with Gasteiger partial charge in [0, 0.05) is 19.5 Å². The van der Waals surface area contributed by atoms with Crippen molar-refractivity contribution in [3.8, 4) is 0 Å². The fourth-order valence-electron chi connectivity index (χ4n) is 1.50. The van der Waals surface area contributed by atoms with Crippen LogP contribution in [0.4, 0.5) is 5.82 Å². The lowest BCUT2D eigenvalue weighted by molar-refractivity contribution is 0.0684. The first-order valence-electron chi connectivity index (χ1n) is 4.77. The van der Waals surface area contributed by atoms with Crippen molar-refractivity contribution in [1.29, 1.82) is 0 Å². The first kappa shape index (κ1) is 10.4. The molecule has 1 aromatic heterocycles. The number of nitrogens with zero attached hydrogens (tertiary/aromatic N) is 3. The van der Waals surface area contributed by atoms with Gasteiger partial charge < -0.3 is 10.0 Å². The van der Waals surface area contributed by atoms with Gasteiger partial charge in [-0.05, 0) is 12.1 Å². The van der Waals surface area contributed by atoms with E-state index in [1.165, 1.54) is 0 Å². The molecule has 5 heteroatoms. The van der Waals surface area contributed by atoms with E-state index in [4.69, 9.17) is 5.11 Å². The number of hydrogen-bond acceptors (Lipinski definition) is 4. The standard InChI is InChI=1S/C11H11N3O2/c1-14(2)10-7-5-3-4-6-8(7)12-9(13-10)11(15)16/h3-6H,1-2H3,(H,15,16). The maximum Gasteiger partial charge on any atom is 0.374 e. The zero-order chi connectivity index (χ0) is 11.7. The van der Waals surface area contributed by atoms with E-state index in [1.807, 2.05) is 32.3 Å². The monoisotopic (exact) mass is 217 g/mol. The molecule has 1 heterocycles. The number of carbonyl (C=O) groups is 1. The second-order valence-electron chi connectivity index (χ2n) is 3.59. The largest absolute Gasteiger partial charge is 0.475 e. The van der Waals surface area contributed by atoms with Gasteiger partial charge in [-0.2, -0.15) is 0 Å². The summed E-state index contributed by atoms with van der Waals surface area (Å²) in [6.45, 7) is 0. The highest BCUT2D eigenvalue weighted by Crippen LogP contribution is 2.21. The molecule has 5 nitrogen and oxygen atoms in total. The molecule has 0 aliphatic carbocycles. The molecule has 2 rings (SSSR count). The Morgan fingerprint density at radius 1 is 1.25 bits per heavy atom. The smallest absolute Gasteiger partial charge is 0.374 e. The average Bonchev–Trinajstić information content (AvgIpc) is 2.27. The average molecular weight is 217 g/mol. The van der Waals surface area contributed by atoms with Gasteiger partial charge in [0.25, 0.3) is 0 Å². The summed E-state index contributed by atoms with van der Waals surface area (Å²) in [6.07, 6.45) is 0. The van der Waals surface area contributed by atoms with Crippen LogP contribution in [0.1, 0.15) is 10.6 Å². The molecule has 0 fully saturated rings. The third-order valence-electron chi connectivity index (χ3n) is 2.20. The molecule has 0 unspecified atom stereocenters. The van der Waals surface area contributed by atoms with Crippen LogP contribution in [-0.2, 0) is 0 Å². The third kappa shape index (κ3) is 1.67. The predicted octanol–water partition coefficient (Wildman–Crippen LogP) is 1.39. The van der Waals surface area contributed by atoms with Crippen molar-refractivity contribution < 1.29 is 9.90 Å². The number of carboxylic acid groups (broad SMARTS) is 1. The molecule has 0 radical (unpaired) electrons. The van der Waals surface area contributed by atoms with E-state index in [9.17, 15) is 4.79 Å². The van der Waals surface area contributed by atoms with Crippen molar-refractivity contribution in [3.63, 3.8) is 0 Å². The summed E-state index contributed by atoms with van der Waals surface area (Å²) in [5.41, 5.74) is 0.638. The molecule has 0 saturated carbocycles. The van der Waals surface area contributed by atoms with Crippen LogP contribution >= 0.6 is 0 Å². The molecule has 1 N–H and O–H groups in total. The number of benzene rings is 1. The van der Waals surface area contributed by atoms with E-state index in [0.717, 1.165) is 5.39 Å². The summed E-state index contributed by atoms with van der Waals surface area (Å²) in [6, 6.07) is 7.34. The number of fused-ring (bicyclic) bond motifs is 1. The number of rotatable bonds is 2. The molecule has 16 heavy (non-hydrogen) atoms. The minimum atomic E-state index is -1.12. The van der Waals surface area contributed by atoms with Crippen molar-refractivity contribution in [1.82, 2.24) is 9.97 Å². The lowest BCUT2D eigenvalue weighted by Gasteiger charge is -2.14. The maximum atomic E-state index is 10.9. The van der Waals surface area contributed by atoms with Crippen LogP contribution in [0.5, 0.6) is 0 Å². The van der Waals surface area contributed by atoms with E-state index >= 15 is 0 Å². The van der Waals surface area contributed by atoms with Gasteiger partial charge in [-0.25, -0.2) is 14.8 Å². The number of hydrogen-bond donors (Lipinski definition) is 1. The lowest BCUT2D eigenvalue weighted by atomic mass is 10.2. The minimum absolute atomic E-state index is 0.178. The second-order valence-corrected chi connectivity index (χ2v) is 3.59. The molecule has 0 saturated heterocycles. The van der Waals surface area contributed by atoms with Gasteiger partial charge in [0.05, 0.1) is 5.52 Å². The van der Waals surface area contributed by atoms with Crippen LogP contribution < -0.4 is 4.90 Å². The van der Waals surface area contributed by atoms with E-state index in [0.29, 0.717) is 11.3 Å². The first-order chi connectivity index (χ1) is 7.59. The lowest BCUT2D eigenvalue weighted by Crippen LogP contribution is -2.15. The molecule has 0 bridgehead atoms. The SMILES string of the molecule is CN(C)c1nc(C(=O)O)nc2ccccc12. The van der Waals surface area contributed by atoms with E-state index in [1.54, 1.807) is 11.0 Å². The van der Waals surface area contributed by atoms with Gasteiger partial charge in [-0.3, -0.25) is 0 Å². The Hall–Kier alpha value is -2.17. The summed E-state index contributed by atoms with van der Waals surface area (Å²) in [4.78, 5) is 20.6. The first-order valence-corrected chi connectivity index (χ1v) is 4.77. The summed E-state index contributed by atoms with van der Waals surface area (Å²) < 4.78 is 0. The van der Waals surface area contributed by atoms with E-state index in [2.05, 4.69) is 9.97 Å². The van der Waals surface area contributed by atoms with E-state index < -0.39 is 5.97 Å². The highest BCUT2D eigenvalue weighted by Gasteiger charge is 2.13. The molecule has 0 aliphatic rings. The predicted molar refractivity (Wildman–Crippen MR) is 60.8 cm³/mol. The highest BCUT2D eigenvalue weighted by molar-refractivity contribution is 5.93. The van der Waals surface area contributed by atoms with Gasteiger partial charge in [-0.15, -0.1) is 0 Å². The van der Waals surface area contributed by atoms with E-state index in [-0.39, 0.29) is 5.82 Å². The van der Waals surface area contributed by atoms with Gasteiger partial charge in [0.2, 0.25) is 5.82 Å². The molecule has 0 aliphatic heterocycles. The third-order valence-corrected chi connectivity index (χ3v) is 2.20. The Morgan fingerprint density at radius 2 is 1.94 bits per heavy atom. The summed E-state index contributed by atoms with van der Waals surface area (Å²) in [7, 11) is 3.64. The van der Waals surface area contributed by atoms with Crippen LogP contribution in [0.3, 0.4) is 0 Å². The minimum Gasteiger partial charge on any atom is -0.475 e. The number of carboxylic acids is 1.